The highest BCUT2D eigenvalue weighted by Gasteiger charge is 2.46. The van der Waals surface area contributed by atoms with Gasteiger partial charge in [-0.3, -0.25) is 19.7 Å². The Labute approximate surface area is 181 Å². The van der Waals surface area contributed by atoms with Gasteiger partial charge in [0.2, 0.25) is 0 Å². The summed E-state index contributed by atoms with van der Waals surface area (Å²) in [5, 5.41) is 22.2. The van der Waals surface area contributed by atoms with E-state index in [1.54, 1.807) is 19.1 Å². The van der Waals surface area contributed by atoms with Crippen molar-refractivity contribution in [1.82, 2.24) is 4.90 Å². The Morgan fingerprint density at radius 3 is 2.62 bits per heavy atom. The number of aryl methyl sites for hydroxylation is 1. The van der Waals surface area contributed by atoms with Crippen molar-refractivity contribution in [2.75, 3.05) is 0 Å². The molecule has 1 aromatic heterocycles. The Kier molecular flexibility index (Phi) is 5.31. The van der Waals surface area contributed by atoms with E-state index in [0.717, 1.165) is 11.0 Å². The van der Waals surface area contributed by atoms with Crippen LogP contribution in [0.15, 0.2) is 70.9 Å². The van der Waals surface area contributed by atoms with Crippen LogP contribution in [-0.2, 0) is 16.1 Å². The number of aliphatic hydroxyl groups excluding tert-OH is 1. The lowest BCUT2D eigenvalue weighted by atomic mass is 9.94. The molecule has 0 bridgehead atoms. The molecule has 0 radical (unpaired) electrons. The highest BCUT2D eigenvalue weighted by atomic mass is 19.1. The summed E-state index contributed by atoms with van der Waals surface area (Å²) in [6.07, 6.45) is 1.41. The first-order chi connectivity index (χ1) is 15.3. The first-order valence-electron chi connectivity index (χ1n) is 9.59. The molecule has 1 fully saturated rings. The van der Waals surface area contributed by atoms with Gasteiger partial charge in [-0.05, 0) is 36.2 Å². The second-order valence-electron chi connectivity index (χ2n) is 7.32. The zero-order valence-electron chi connectivity index (χ0n) is 16.8. The predicted molar refractivity (Wildman–Crippen MR) is 111 cm³/mol. The molecule has 162 valence electrons. The number of nitrogens with zero attached hydrogens (tertiary/aromatic N) is 2. The number of carbonyl (C=O) groups is 2. The molecule has 1 saturated heterocycles. The normalized spacial score (nSPS) is 17.7. The molecule has 2 heterocycles. The number of ketones is 1. The number of hydrogen-bond donors (Lipinski definition) is 1. The van der Waals surface area contributed by atoms with Gasteiger partial charge >= 0.3 is 0 Å². The largest absolute Gasteiger partial charge is 0.507 e. The van der Waals surface area contributed by atoms with E-state index >= 15 is 0 Å². The predicted octanol–water partition coefficient (Wildman–Crippen LogP) is 4.26. The molecule has 8 nitrogen and oxygen atoms in total. The van der Waals surface area contributed by atoms with Crippen molar-refractivity contribution in [2.45, 2.75) is 19.5 Å². The SMILES string of the molecule is Cc1ccc(/C(O)=C2/C(=O)C(=O)N(Cc3ccco3)C2c2cccc([N+](=O)[O-])c2)cc1F. The topological polar surface area (TPSA) is 114 Å². The van der Waals surface area contributed by atoms with Crippen LogP contribution in [0, 0.1) is 22.9 Å². The molecule has 1 atom stereocenters. The number of non-ortho nitro benzene ring substituents is 1. The number of nitro groups is 1. The van der Waals surface area contributed by atoms with E-state index in [-0.39, 0.29) is 28.9 Å². The van der Waals surface area contributed by atoms with Crippen LogP contribution in [0.25, 0.3) is 5.76 Å². The van der Waals surface area contributed by atoms with Gasteiger partial charge in [-0.15, -0.1) is 0 Å². The van der Waals surface area contributed by atoms with Gasteiger partial charge < -0.3 is 14.4 Å². The lowest BCUT2D eigenvalue weighted by Gasteiger charge is -2.24. The smallest absolute Gasteiger partial charge is 0.296 e. The number of carbonyl (C=O) groups excluding carboxylic acids is 2. The minimum atomic E-state index is -1.13. The number of benzene rings is 2. The second-order valence-corrected chi connectivity index (χ2v) is 7.32. The van der Waals surface area contributed by atoms with E-state index in [0.29, 0.717) is 11.3 Å². The molecule has 0 aliphatic carbocycles. The fraction of sp³-hybridized carbons (Fsp3) is 0.130. The van der Waals surface area contributed by atoms with Crippen molar-refractivity contribution >= 4 is 23.1 Å². The summed E-state index contributed by atoms with van der Waals surface area (Å²) < 4.78 is 19.4. The molecule has 1 amide bonds. The molecular formula is C23H17FN2O6. The Hall–Kier alpha value is -4.27. The van der Waals surface area contributed by atoms with Crippen molar-refractivity contribution in [3.8, 4) is 0 Å². The quantitative estimate of drug-likeness (QED) is 0.210. The molecular weight excluding hydrogens is 419 g/mol. The summed E-state index contributed by atoms with van der Waals surface area (Å²) in [5.41, 5.74) is 0.0754. The highest BCUT2D eigenvalue weighted by Crippen LogP contribution is 2.41. The monoisotopic (exact) mass is 436 g/mol. The maximum atomic E-state index is 14.1. The van der Waals surface area contributed by atoms with Crippen molar-refractivity contribution in [3.05, 3.63) is 105 Å². The summed E-state index contributed by atoms with van der Waals surface area (Å²) in [6.45, 7) is 1.44. The molecule has 0 spiro atoms. The molecule has 1 aliphatic rings. The number of nitro benzene ring substituents is 1. The van der Waals surface area contributed by atoms with Crippen LogP contribution in [0.5, 0.6) is 0 Å². The molecule has 4 rings (SSSR count). The van der Waals surface area contributed by atoms with E-state index in [1.165, 1.54) is 42.7 Å². The number of furan rings is 1. The summed E-state index contributed by atoms with van der Waals surface area (Å²) in [4.78, 5) is 37.7. The Bertz CT molecular complexity index is 1270. The molecule has 3 aromatic rings. The van der Waals surface area contributed by atoms with Crippen LogP contribution in [0.2, 0.25) is 0 Å². The molecule has 2 aromatic carbocycles. The van der Waals surface area contributed by atoms with Crippen molar-refractivity contribution in [2.24, 2.45) is 0 Å². The Balaban J connectivity index is 1.91. The van der Waals surface area contributed by atoms with Gasteiger partial charge in [0.15, 0.2) is 0 Å². The number of hydrogen-bond acceptors (Lipinski definition) is 6. The van der Waals surface area contributed by atoms with E-state index in [9.17, 15) is 29.2 Å². The van der Waals surface area contributed by atoms with Crippen molar-refractivity contribution in [1.29, 1.82) is 0 Å². The first kappa shape index (κ1) is 21.0. The fourth-order valence-corrected chi connectivity index (χ4v) is 3.66. The van der Waals surface area contributed by atoms with Crippen LogP contribution < -0.4 is 0 Å². The van der Waals surface area contributed by atoms with Crippen LogP contribution in [0.4, 0.5) is 10.1 Å². The maximum Gasteiger partial charge on any atom is 0.296 e. The molecule has 9 heteroatoms. The Morgan fingerprint density at radius 2 is 1.97 bits per heavy atom. The summed E-state index contributed by atoms with van der Waals surface area (Å²) in [6, 6.07) is 11.5. The van der Waals surface area contributed by atoms with Crippen LogP contribution >= 0.6 is 0 Å². The zero-order chi connectivity index (χ0) is 23.0. The van der Waals surface area contributed by atoms with Gasteiger partial charge in [0.25, 0.3) is 17.4 Å². The van der Waals surface area contributed by atoms with Gasteiger partial charge in [-0.1, -0.05) is 24.3 Å². The van der Waals surface area contributed by atoms with Gasteiger partial charge in [0.05, 0.1) is 29.3 Å². The van der Waals surface area contributed by atoms with Gasteiger partial charge in [-0.2, -0.15) is 0 Å². The lowest BCUT2D eigenvalue weighted by molar-refractivity contribution is -0.384. The molecule has 32 heavy (non-hydrogen) atoms. The summed E-state index contributed by atoms with van der Waals surface area (Å²) in [7, 11) is 0. The van der Waals surface area contributed by atoms with Crippen LogP contribution in [0.3, 0.4) is 0 Å². The zero-order valence-corrected chi connectivity index (χ0v) is 16.8. The van der Waals surface area contributed by atoms with E-state index in [1.807, 2.05) is 0 Å². The Morgan fingerprint density at radius 1 is 1.19 bits per heavy atom. The van der Waals surface area contributed by atoms with Crippen LogP contribution in [-0.4, -0.2) is 26.6 Å². The second kappa shape index (κ2) is 8.10. The highest BCUT2D eigenvalue weighted by molar-refractivity contribution is 6.46. The summed E-state index contributed by atoms with van der Waals surface area (Å²) in [5.74, 6) is -2.67. The number of aliphatic hydroxyl groups is 1. The fourth-order valence-electron chi connectivity index (χ4n) is 3.66. The minimum absolute atomic E-state index is 0.0135. The lowest BCUT2D eigenvalue weighted by Crippen LogP contribution is -2.29. The third-order valence-electron chi connectivity index (χ3n) is 5.29. The van der Waals surface area contributed by atoms with E-state index in [4.69, 9.17) is 4.42 Å². The van der Waals surface area contributed by atoms with Gasteiger partial charge in [0.1, 0.15) is 17.3 Å². The van der Waals surface area contributed by atoms with Crippen molar-refractivity contribution in [3.63, 3.8) is 0 Å². The van der Waals surface area contributed by atoms with Crippen molar-refractivity contribution < 1.29 is 28.4 Å². The molecule has 1 unspecified atom stereocenters. The molecule has 1 N–H and O–H groups in total. The third-order valence-corrected chi connectivity index (χ3v) is 5.29. The van der Waals surface area contributed by atoms with Gasteiger partial charge in [0, 0.05) is 17.7 Å². The average Bonchev–Trinajstić information content (AvgIpc) is 3.37. The van der Waals surface area contributed by atoms with Crippen LogP contribution in [0.1, 0.15) is 28.5 Å². The number of Topliss-reactive ketones (excluding diaryl/α,β-unsaturated/α-hetero) is 1. The average molecular weight is 436 g/mol. The van der Waals surface area contributed by atoms with E-state index < -0.39 is 34.2 Å². The third kappa shape index (κ3) is 3.64. The first-order valence-corrected chi connectivity index (χ1v) is 9.59. The van der Waals surface area contributed by atoms with Gasteiger partial charge in [-0.25, -0.2) is 4.39 Å². The number of rotatable bonds is 5. The summed E-state index contributed by atoms with van der Waals surface area (Å²) >= 11 is 0. The number of halogens is 1. The molecule has 0 saturated carbocycles. The minimum Gasteiger partial charge on any atom is -0.507 e. The molecule has 1 aliphatic heterocycles. The number of likely N-dealkylation sites (tertiary alicyclic amines) is 1. The van der Waals surface area contributed by atoms with E-state index in [2.05, 4.69) is 0 Å². The maximum absolute atomic E-state index is 14.1. The standard InChI is InChI=1S/C23H17FN2O6/c1-13-7-8-15(11-18(13)24)21(27)19-20(14-4-2-5-16(10-14)26(30)31)25(23(29)22(19)28)12-17-6-3-9-32-17/h2-11,20,27H,12H2,1H3/b21-19-. The number of amides is 1.